The number of nitrogens with one attached hydrogen (secondary N) is 2. The van der Waals surface area contributed by atoms with Crippen molar-refractivity contribution in [2.75, 3.05) is 29.0 Å². The molecule has 0 unspecified atom stereocenters. The van der Waals surface area contributed by atoms with Gasteiger partial charge in [0, 0.05) is 48.0 Å². The molecule has 6 N–H and O–H groups in total. The number of aromatic amines is 1. The topological polar surface area (TPSA) is 168 Å². The molecule has 1 aliphatic heterocycles. The first kappa shape index (κ1) is 28.7. The number of hydrogen-bond donors (Lipinski definition) is 4. The van der Waals surface area contributed by atoms with E-state index in [9.17, 15) is 18.4 Å². The van der Waals surface area contributed by atoms with Crippen molar-refractivity contribution in [3.05, 3.63) is 66.6 Å². The van der Waals surface area contributed by atoms with Gasteiger partial charge in [-0.15, -0.1) is 13.2 Å². The molecule has 0 aliphatic carbocycles. The van der Waals surface area contributed by atoms with Gasteiger partial charge in [0.2, 0.25) is 0 Å². The molecule has 0 spiro atoms. The zero-order chi connectivity index (χ0) is 31.1. The first-order chi connectivity index (χ1) is 21.0. The van der Waals surface area contributed by atoms with Crippen LogP contribution in [0.3, 0.4) is 0 Å². The second-order valence-corrected chi connectivity index (χ2v) is 10.7. The number of pyridine rings is 2. The zero-order valence-corrected chi connectivity index (χ0v) is 23.5. The van der Waals surface area contributed by atoms with E-state index in [-0.39, 0.29) is 28.4 Å². The van der Waals surface area contributed by atoms with Crippen molar-refractivity contribution in [1.29, 1.82) is 5.26 Å². The van der Waals surface area contributed by atoms with E-state index in [2.05, 4.69) is 46.8 Å². The van der Waals surface area contributed by atoms with Gasteiger partial charge in [0.15, 0.2) is 11.6 Å². The summed E-state index contributed by atoms with van der Waals surface area (Å²) in [6, 6.07) is 14.0. The van der Waals surface area contributed by atoms with E-state index in [4.69, 9.17) is 11.5 Å². The van der Waals surface area contributed by atoms with Gasteiger partial charge in [0.1, 0.15) is 40.4 Å². The number of aromatic nitrogens is 5. The average molecular weight is 601 g/mol. The highest BCUT2D eigenvalue weighted by molar-refractivity contribution is 6.04. The fourth-order valence-corrected chi connectivity index (χ4v) is 5.26. The zero-order valence-electron chi connectivity index (χ0n) is 23.5. The molecule has 0 atom stereocenters. The van der Waals surface area contributed by atoms with E-state index in [1.807, 2.05) is 36.4 Å². The Hall–Kier alpha value is -5.42. The molecule has 44 heavy (non-hydrogen) atoms. The number of H-pyrrole nitrogens is 1. The van der Waals surface area contributed by atoms with E-state index in [1.54, 1.807) is 12.3 Å². The molecule has 6 rings (SSSR count). The molecular formula is C30H27F3N10O. The number of rotatable bonds is 6. The predicted molar refractivity (Wildman–Crippen MR) is 160 cm³/mol. The maximum Gasteiger partial charge on any atom is 0.573 e. The molecule has 1 fully saturated rings. The summed E-state index contributed by atoms with van der Waals surface area (Å²) in [4.78, 5) is 23.3. The molecule has 11 nitrogen and oxygen atoms in total. The first-order valence-electron chi connectivity index (χ1n) is 13.7. The summed E-state index contributed by atoms with van der Waals surface area (Å²) in [6.07, 6.45) is 0.682. The number of hydrogen-bond acceptors (Lipinski definition) is 10. The Balaban J connectivity index is 1.45. The Bertz CT molecular complexity index is 1890. The van der Waals surface area contributed by atoms with E-state index in [0.717, 1.165) is 54.8 Å². The largest absolute Gasteiger partial charge is 0.573 e. The van der Waals surface area contributed by atoms with Crippen molar-refractivity contribution in [3.8, 4) is 34.5 Å². The molecular weight excluding hydrogens is 573 g/mol. The third-order valence-electron chi connectivity index (χ3n) is 7.51. The fourth-order valence-electron chi connectivity index (χ4n) is 5.26. The number of ether oxygens (including phenoxy) is 1. The minimum atomic E-state index is -5.00. The molecule has 1 aliphatic rings. The average Bonchev–Trinajstić information content (AvgIpc) is 3.34. The molecule has 4 aromatic heterocycles. The van der Waals surface area contributed by atoms with Gasteiger partial charge in [-0.3, -0.25) is 4.98 Å². The molecule has 0 amide bonds. The second-order valence-electron chi connectivity index (χ2n) is 10.7. The summed E-state index contributed by atoms with van der Waals surface area (Å²) in [5, 5.41) is 13.9. The molecule has 224 valence electrons. The predicted octanol–water partition coefficient (Wildman–Crippen LogP) is 5.50. The van der Waals surface area contributed by atoms with Gasteiger partial charge in [-0.2, -0.15) is 5.26 Å². The van der Waals surface area contributed by atoms with Crippen LogP contribution >= 0.6 is 0 Å². The van der Waals surface area contributed by atoms with Crippen molar-refractivity contribution in [2.45, 2.75) is 31.7 Å². The van der Waals surface area contributed by atoms with Crippen LogP contribution in [-0.4, -0.2) is 49.9 Å². The molecule has 5 heterocycles. The lowest BCUT2D eigenvalue weighted by molar-refractivity contribution is -0.274. The quantitative estimate of drug-likeness (QED) is 0.195. The van der Waals surface area contributed by atoms with Gasteiger partial charge in [-0.25, -0.2) is 15.0 Å². The third-order valence-corrected chi connectivity index (χ3v) is 7.51. The Labute approximate surface area is 249 Å². The highest BCUT2D eigenvalue weighted by atomic mass is 19.4. The molecule has 0 saturated carbocycles. The minimum Gasteiger partial charge on any atom is -0.404 e. The van der Waals surface area contributed by atoms with Crippen LogP contribution in [0.25, 0.3) is 33.5 Å². The van der Waals surface area contributed by atoms with E-state index < -0.39 is 17.7 Å². The van der Waals surface area contributed by atoms with Crippen LogP contribution < -0.4 is 26.4 Å². The number of alkyl halides is 3. The van der Waals surface area contributed by atoms with E-state index in [0.29, 0.717) is 17.2 Å². The van der Waals surface area contributed by atoms with Crippen LogP contribution in [0, 0.1) is 11.3 Å². The van der Waals surface area contributed by atoms with Crippen LogP contribution in [0.5, 0.6) is 5.75 Å². The standard InChI is InChI=1S/C30H27F3N10O/c1-29(36)9-13-43(14-10-29)21-7-4-11-38-27(21)42-28-23(17-5-2-3-6-19(17)41-28)25-26(35)39-16-20(40-25)24-18(15-34)22(8-12-37-24)44-30(31,32)33/h2-8,11-12,16,41H,9-10,13-14,36H2,1H3,(H2,35,39)(H,38,42). The molecule has 14 heteroatoms. The maximum absolute atomic E-state index is 13.0. The molecule has 0 radical (unpaired) electrons. The van der Waals surface area contributed by atoms with Gasteiger partial charge >= 0.3 is 6.36 Å². The highest BCUT2D eigenvalue weighted by Crippen LogP contribution is 2.41. The summed E-state index contributed by atoms with van der Waals surface area (Å²) in [5.41, 5.74) is 14.4. The number of piperidine rings is 1. The smallest absolute Gasteiger partial charge is 0.404 e. The van der Waals surface area contributed by atoms with Crippen molar-refractivity contribution in [3.63, 3.8) is 0 Å². The number of nitrogens with two attached hydrogens (primary N) is 2. The number of halogens is 3. The summed E-state index contributed by atoms with van der Waals surface area (Å²) in [5.74, 6) is 0.471. The summed E-state index contributed by atoms with van der Waals surface area (Å²) < 4.78 is 43.1. The monoisotopic (exact) mass is 600 g/mol. The summed E-state index contributed by atoms with van der Waals surface area (Å²) in [6.45, 7) is 3.58. The molecule has 5 aromatic rings. The Morgan fingerprint density at radius 1 is 1.05 bits per heavy atom. The SMILES string of the molecule is CC1(N)CCN(c2cccnc2Nc2[nH]c3ccccc3c2-c2nc(-c3nccc(OC(F)(F)F)c3C#N)cnc2N)CC1. The maximum atomic E-state index is 13.0. The van der Waals surface area contributed by atoms with Crippen molar-refractivity contribution in [2.24, 2.45) is 5.73 Å². The number of para-hydroxylation sites is 1. The second kappa shape index (κ2) is 11.0. The minimum absolute atomic E-state index is 0.0336. The Morgan fingerprint density at radius 2 is 1.82 bits per heavy atom. The lowest BCUT2D eigenvalue weighted by atomic mass is 9.91. The first-order valence-corrected chi connectivity index (χ1v) is 13.7. The number of benzene rings is 1. The number of nitrogen functional groups attached to an aromatic ring is 1. The summed E-state index contributed by atoms with van der Waals surface area (Å²) in [7, 11) is 0. The van der Waals surface area contributed by atoms with E-state index >= 15 is 0 Å². The Morgan fingerprint density at radius 3 is 2.57 bits per heavy atom. The van der Waals surface area contributed by atoms with Crippen LogP contribution in [0.4, 0.5) is 36.3 Å². The van der Waals surface area contributed by atoms with E-state index in [1.165, 1.54) is 6.20 Å². The number of anilines is 4. The number of fused-ring (bicyclic) bond motifs is 1. The number of nitrogens with zero attached hydrogens (tertiary/aromatic N) is 6. The third kappa shape index (κ3) is 5.64. The Kier molecular flexibility index (Phi) is 7.18. The molecule has 1 saturated heterocycles. The fraction of sp³-hybridized carbons (Fsp3) is 0.233. The van der Waals surface area contributed by atoms with Gasteiger partial charge < -0.3 is 31.4 Å². The molecule has 0 bridgehead atoms. The van der Waals surface area contributed by atoms with Gasteiger partial charge in [-0.1, -0.05) is 18.2 Å². The molecule has 1 aromatic carbocycles. The van der Waals surface area contributed by atoms with Crippen LogP contribution in [0.1, 0.15) is 25.3 Å². The van der Waals surface area contributed by atoms with Gasteiger partial charge in [-0.05, 0) is 38.0 Å². The lowest BCUT2D eigenvalue weighted by Crippen LogP contribution is -2.48. The lowest BCUT2D eigenvalue weighted by Gasteiger charge is -2.38. The van der Waals surface area contributed by atoms with Crippen molar-refractivity contribution in [1.82, 2.24) is 24.9 Å². The van der Waals surface area contributed by atoms with Gasteiger partial charge in [0.05, 0.1) is 17.4 Å². The highest BCUT2D eigenvalue weighted by Gasteiger charge is 2.33. The summed E-state index contributed by atoms with van der Waals surface area (Å²) >= 11 is 0. The number of nitriles is 1. The van der Waals surface area contributed by atoms with Crippen molar-refractivity contribution < 1.29 is 17.9 Å². The van der Waals surface area contributed by atoms with Crippen LogP contribution in [0.15, 0.2) is 61.1 Å². The van der Waals surface area contributed by atoms with Crippen molar-refractivity contribution >= 4 is 34.0 Å². The van der Waals surface area contributed by atoms with Crippen LogP contribution in [0.2, 0.25) is 0 Å². The van der Waals surface area contributed by atoms with Gasteiger partial charge in [0.25, 0.3) is 0 Å². The van der Waals surface area contributed by atoms with Crippen LogP contribution in [-0.2, 0) is 0 Å². The normalized spacial score (nSPS) is 14.8.